The fourth-order valence-corrected chi connectivity index (χ4v) is 1.50. The summed E-state index contributed by atoms with van der Waals surface area (Å²) in [6.45, 7) is 2.04. The van der Waals surface area contributed by atoms with Crippen molar-refractivity contribution in [3.63, 3.8) is 0 Å². The molecular weight excluding hydrogens is 264 g/mol. The van der Waals surface area contributed by atoms with Crippen molar-refractivity contribution in [2.45, 2.75) is 13.5 Å². The summed E-state index contributed by atoms with van der Waals surface area (Å²) in [7, 11) is 3.62. The fourth-order valence-electron chi connectivity index (χ4n) is 1.50. The number of anilines is 2. The number of hydrogen-bond acceptors (Lipinski definition) is 8. The Kier molecular flexibility index (Phi) is 3.78. The van der Waals surface area contributed by atoms with Gasteiger partial charge in [-0.25, -0.2) is 4.98 Å². The second-order valence-corrected chi connectivity index (χ2v) is 4.35. The molecule has 0 saturated carbocycles. The highest BCUT2D eigenvalue weighted by atomic mass is 16.6. The Hall–Kier alpha value is -2.71. The van der Waals surface area contributed by atoms with Crippen LogP contribution >= 0.6 is 0 Å². The maximum absolute atomic E-state index is 10.6. The molecule has 0 aliphatic carbocycles. The zero-order valence-electron chi connectivity index (χ0n) is 11.3. The summed E-state index contributed by atoms with van der Waals surface area (Å²) >= 11 is 0. The third-order valence-electron chi connectivity index (χ3n) is 2.54. The number of nitro groups is 1. The molecule has 2 aromatic heterocycles. The molecule has 2 heterocycles. The van der Waals surface area contributed by atoms with Crippen LogP contribution in [0.1, 0.15) is 11.5 Å². The molecule has 9 nitrogen and oxygen atoms in total. The average molecular weight is 278 g/mol. The molecule has 0 amide bonds. The smallest absolute Gasteiger partial charge is 0.287 e. The number of rotatable bonds is 5. The maximum Gasteiger partial charge on any atom is 0.287 e. The van der Waals surface area contributed by atoms with Gasteiger partial charge in [-0.2, -0.15) is 4.98 Å². The van der Waals surface area contributed by atoms with Gasteiger partial charge in [-0.05, 0) is 17.6 Å². The van der Waals surface area contributed by atoms with E-state index in [0.29, 0.717) is 29.8 Å². The molecule has 9 heteroatoms. The van der Waals surface area contributed by atoms with Gasteiger partial charge in [0.15, 0.2) is 0 Å². The van der Waals surface area contributed by atoms with Gasteiger partial charge in [0.25, 0.3) is 11.6 Å². The van der Waals surface area contributed by atoms with Crippen LogP contribution in [0.4, 0.5) is 17.5 Å². The van der Waals surface area contributed by atoms with E-state index in [1.807, 2.05) is 14.1 Å². The summed E-state index contributed by atoms with van der Waals surface area (Å²) in [5.41, 5.74) is 0.632. The second-order valence-electron chi connectivity index (χ2n) is 4.35. The molecular formula is C11H14N6O3. The lowest BCUT2D eigenvalue weighted by Crippen LogP contribution is -2.10. The van der Waals surface area contributed by atoms with Crippen LogP contribution < -0.4 is 10.2 Å². The van der Waals surface area contributed by atoms with Crippen molar-refractivity contribution in [2.75, 3.05) is 24.3 Å². The number of nitrogens with one attached hydrogen (secondary N) is 1. The monoisotopic (exact) mass is 278 g/mol. The van der Waals surface area contributed by atoms with Crippen molar-refractivity contribution in [3.05, 3.63) is 33.8 Å². The van der Waals surface area contributed by atoms with Crippen LogP contribution in [0.15, 0.2) is 16.8 Å². The third kappa shape index (κ3) is 2.99. The Labute approximate surface area is 114 Å². The topological polar surface area (TPSA) is 110 Å². The summed E-state index contributed by atoms with van der Waals surface area (Å²) in [5, 5.41) is 17.4. The van der Waals surface area contributed by atoms with Crippen LogP contribution in [0.5, 0.6) is 0 Å². The molecule has 0 aromatic carbocycles. The summed E-state index contributed by atoms with van der Waals surface area (Å²) < 4.78 is 5.05. The molecule has 2 aromatic rings. The molecule has 106 valence electrons. The number of pyridine rings is 1. The van der Waals surface area contributed by atoms with E-state index < -0.39 is 4.92 Å². The molecule has 0 saturated heterocycles. The first-order valence-electron chi connectivity index (χ1n) is 5.82. The molecule has 0 spiro atoms. The highest BCUT2D eigenvalue weighted by molar-refractivity contribution is 5.48. The third-order valence-corrected chi connectivity index (χ3v) is 2.54. The van der Waals surface area contributed by atoms with Crippen LogP contribution in [0.3, 0.4) is 0 Å². The van der Waals surface area contributed by atoms with Crippen LogP contribution in [-0.2, 0) is 6.54 Å². The van der Waals surface area contributed by atoms with Gasteiger partial charge >= 0.3 is 0 Å². The summed E-state index contributed by atoms with van der Waals surface area (Å²) in [4.78, 5) is 20.0. The van der Waals surface area contributed by atoms with Crippen LogP contribution in [0, 0.1) is 17.0 Å². The first kappa shape index (κ1) is 13.7. The minimum absolute atomic E-state index is 0.0410. The van der Waals surface area contributed by atoms with Crippen molar-refractivity contribution in [1.82, 2.24) is 15.1 Å². The molecule has 0 atom stereocenters. The maximum atomic E-state index is 10.6. The van der Waals surface area contributed by atoms with Gasteiger partial charge in [0.2, 0.25) is 5.89 Å². The van der Waals surface area contributed by atoms with Gasteiger partial charge in [-0.3, -0.25) is 10.1 Å². The quantitative estimate of drug-likeness (QED) is 0.644. The van der Waals surface area contributed by atoms with Gasteiger partial charge < -0.3 is 14.7 Å². The molecule has 0 fully saturated rings. The Morgan fingerprint density at radius 3 is 2.80 bits per heavy atom. The molecule has 0 aliphatic rings. The lowest BCUT2D eigenvalue weighted by molar-refractivity contribution is -0.385. The van der Waals surface area contributed by atoms with Gasteiger partial charge in [-0.15, -0.1) is 0 Å². The predicted octanol–water partition coefficient (Wildman–Crippen LogP) is 1.36. The van der Waals surface area contributed by atoms with Gasteiger partial charge in [0.05, 0.1) is 11.5 Å². The standard InChI is InChI=1S/C11H14N6O3/c1-7-4-8(17(18)19)5-12-10(7)13-6-9-14-11(15-20-9)16(2)3/h4-5H,6H2,1-3H3,(H,12,13). The Morgan fingerprint density at radius 1 is 1.50 bits per heavy atom. The van der Waals surface area contributed by atoms with Crippen LogP contribution in [0.2, 0.25) is 0 Å². The second kappa shape index (κ2) is 5.51. The number of aryl methyl sites for hydroxylation is 1. The van der Waals surface area contributed by atoms with E-state index in [0.717, 1.165) is 0 Å². The van der Waals surface area contributed by atoms with E-state index >= 15 is 0 Å². The van der Waals surface area contributed by atoms with Gasteiger partial charge in [0.1, 0.15) is 12.0 Å². The van der Waals surface area contributed by atoms with E-state index in [4.69, 9.17) is 4.52 Å². The van der Waals surface area contributed by atoms with Gasteiger partial charge in [-0.1, -0.05) is 0 Å². The summed E-state index contributed by atoms with van der Waals surface area (Å²) in [6, 6.07) is 1.45. The average Bonchev–Trinajstić information content (AvgIpc) is 2.86. The first-order chi connectivity index (χ1) is 9.47. The zero-order valence-corrected chi connectivity index (χ0v) is 11.3. The highest BCUT2D eigenvalue weighted by Gasteiger charge is 2.11. The zero-order chi connectivity index (χ0) is 14.7. The van der Waals surface area contributed by atoms with Gasteiger partial charge in [0, 0.05) is 20.2 Å². The van der Waals surface area contributed by atoms with E-state index in [9.17, 15) is 10.1 Å². The SMILES string of the molecule is Cc1cc([N+](=O)[O-])cnc1NCc1nc(N(C)C)no1. The normalized spacial score (nSPS) is 10.3. The Morgan fingerprint density at radius 2 is 2.25 bits per heavy atom. The van der Waals surface area contributed by atoms with E-state index in [1.54, 1.807) is 11.8 Å². The van der Waals surface area contributed by atoms with Crippen molar-refractivity contribution < 1.29 is 9.45 Å². The minimum atomic E-state index is -0.481. The van der Waals surface area contributed by atoms with E-state index in [2.05, 4.69) is 20.4 Å². The first-order valence-corrected chi connectivity index (χ1v) is 5.82. The lowest BCUT2D eigenvalue weighted by Gasteiger charge is -2.05. The van der Waals surface area contributed by atoms with Crippen molar-refractivity contribution in [2.24, 2.45) is 0 Å². The van der Waals surface area contributed by atoms with Crippen LogP contribution in [-0.4, -0.2) is 34.1 Å². The molecule has 0 unspecified atom stereocenters. The lowest BCUT2D eigenvalue weighted by atomic mass is 10.2. The molecule has 0 radical (unpaired) electrons. The molecule has 0 bridgehead atoms. The van der Waals surface area contributed by atoms with E-state index in [1.165, 1.54) is 12.3 Å². The molecule has 20 heavy (non-hydrogen) atoms. The Bertz CT molecular complexity index is 624. The number of aromatic nitrogens is 3. The van der Waals surface area contributed by atoms with E-state index in [-0.39, 0.29) is 5.69 Å². The largest absolute Gasteiger partial charge is 0.361 e. The van der Waals surface area contributed by atoms with Crippen LogP contribution in [0.25, 0.3) is 0 Å². The molecule has 2 rings (SSSR count). The number of hydrogen-bond donors (Lipinski definition) is 1. The minimum Gasteiger partial charge on any atom is -0.361 e. The van der Waals surface area contributed by atoms with Crippen molar-refractivity contribution >= 4 is 17.5 Å². The number of nitrogens with zero attached hydrogens (tertiary/aromatic N) is 5. The highest BCUT2D eigenvalue weighted by Crippen LogP contribution is 2.18. The van der Waals surface area contributed by atoms with Crippen molar-refractivity contribution in [1.29, 1.82) is 0 Å². The van der Waals surface area contributed by atoms with Crippen molar-refractivity contribution in [3.8, 4) is 0 Å². The summed E-state index contributed by atoms with van der Waals surface area (Å²) in [5.74, 6) is 1.43. The Balaban J connectivity index is 2.05. The predicted molar refractivity (Wildman–Crippen MR) is 71.6 cm³/mol. The molecule has 1 N–H and O–H groups in total. The molecule has 0 aliphatic heterocycles. The summed E-state index contributed by atoms with van der Waals surface area (Å²) in [6.07, 6.45) is 1.20. The fraction of sp³-hybridized carbons (Fsp3) is 0.364.